The third-order valence-corrected chi connectivity index (χ3v) is 3.12. The highest BCUT2D eigenvalue weighted by atomic mass is 16.5. The summed E-state index contributed by atoms with van der Waals surface area (Å²) in [4.78, 5) is 19.3. The van der Waals surface area contributed by atoms with Crippen molar-refractivity contribution >= 4 is 0 Å². The summed E-state index contributed by atoms with van der Waals surface area (Å²) < 4.78 is 5.37. The Bertz CT molecular complexity index is 442. The van der Waals surface area contributed by atoms with Gasteiger partial charge in [-0.2, -0.15) is 0 Å². The van der Waals surface area contributed by atoms with Crippen molar-refractivity contribution in [1.82, 2.24) is 15.3 Å². The van der Waals surface area contributed by atoms with Gasteiger partial charge in [0, 0.05) is 30.9 Å². The van der Waals surface area contributed by atoms with Crippen LogP contribution in [0.1, 0.15) is 24.0 Å². The highest BCUT2D eigenvalue weighted by Crippen LogP contribution is 2.08. The zero-order valence-electron chi connectivity index (χ0n) is 10.4. The summed E-state index contributed by atoms with van der Waals surface area (Å²) in [6.07, 6.45) is 2.14. The van der Waals surface area contributed by atoms with Crippen molar-refractivity contribution in [2.45, 2.75) is 32.2 Å². The van der Waals surface area contributed by atoms with Gasteiger partial charge in [-0.15, -0.1) is 0 Å². The van der Waals surface area contributed by atoms with Gasteiger partial charge < -0.3 is 15.0 Å². The minimum absolute atomic E-state index is 0.00111. The Kier molecular flexibility index (Phi) is 3.91. The molecule has 5 nitrogen and oxygen atoms in total. The number of aromatic amines is 1. The van der Waals surface area contributed by atoms with E-state index in [0.29, 0.717) is 25.7 Å². The number of ether oxygens (including phenoxy) is 1. The van der Waals surface area contributed by atoms with E-state index >= 15 is 0 Å². The number of likely N-dealkylation sites (N-methyl/N-ethyl adjacent to an activating group) is 1. The number of hydrogen-bond donors (Lipinski definition) is 2. The number of rotatable bonds is 3. The molecule has 0 amide bonds. The maximum atomic E-state index is 11.9. The summed E-state index contributed by atoms with van der Waals surface area (Å²) in [5.41, 5.74) is 1.70. The van der Waals surface area contributed by atoms with Crippen LogP contribution in [0.2, 0.25) is 0 Å². The Morgan fingerprint density at radius 3 is 3.00 bits per heavy atom. The number of nitrogens with zero attached hydrogens (tertiary/aromatic N) is 1. The van der Waals surface area contributed by atoms with Gasteiger partial charge in [-0.05, 0) is 14.0 Å². The largest absolute Gasteiger partial charge is 0.381 e. The van der Waals surface area contributed by atoms with Gasteiger partial charge in [0.2, 0.25) is 0 Å². The molecule has 0 fully saturated rings. The second-order valence-electron chi connectivity index (χ2n) is 4.44. The van der Waals surface area contributed by atoms with E-state index in [2.05, 4.69) is 22.2 Å². The Morgan fingerprint density at radius 1 is 1.47 bits per heavy atom. The lowest BCUT2D eigenvalue weighted by Crippen LogP contribution is -2.27. The molecular weight excluding hydrogens is 218 g/mol. The van der Waals surface area contributed by atoms with E-state index in [1.165, 1.54) is 0 Å². The van der Waals surface area contributed by atoms with Crippen molar-refractivity contribution in [2.75, 3.05) is 20.3 Å². The SMILES string of the molecule is CNC(C)Cc1nc2c(c(=O)[nH]1)CCOCC2. The second-order valence-corrected chi connectivity index (χ2v) is 4.44. The predicted molar refractivity (Wildman–Crippen MR) is 65.3 cm³/mol. The molecule has 1 aromatic heterocycles. The third kappa shape index (κ3) is 2.92. The molecular formula is C12H19N3O2. The Morgan fingerprint density at radius 2 is 2.24 bits per heavy atom. The minimum Gasteiger partial charge on any atom is -0.381 e. The third-order valence-electron chi connectivity index (χ3n) is 3.12. The molecule has 0 spiro atoms. The van der Waals surface area contributed by atoms with Gasteiger partial charge in [-0.3, -0.25) is 4.79 Å². The molecule has 0 aromatic carbocycles. The van der Waals surface area contributed by atoms with Crippen LogP contribution in [0.5, 0.6) is 0 Å². The smallest absolute Gasteiger partial charge is 0.254 e. The number of fused-ring (bicyclic) bond motifs is 1. The van der Waals surface area contributed by atoms with Crippen LogP contribution in [-0.2, 0) is 24.0 Å². The van der Waals surface area contributed by atoms with Gasteiger partial charge in [0.05, 0.1) is 18.9 Å². The predicted octanol–water partition coefficient (Wildman–Crippen LogP) is 0.0355. The van der Waals surface area contributed by atoms with Crippen LogP contribution in [-0.4, -0.2) is 36.3 Å². The first kappa shape index (κ1) is 12.3. The van der Waals surface area contributed by atoms with Gasteiger partial charge >= 0.3 is 0 Å². The van der Waals surface area contributed by atoms with E-state index in [9.17, 15) is 4.79 Å². The van der Waals surface area contributed by atoms with Crippen molar-refractivity contribution in [3.05, 3.63) is 27.4 Å². The first-order valence-electron chi connectivity index (χ1n) is 6.06. The van der Waals surface area contributed by atoms with E-state index in [1.807, 2.05) is 7.05 Å². The van der Waals surface area contributed by atoms with E-state index in [1.54, 1.807) is 0 Å². The van der Waals surface area contributed by atoms with E-state index in [4.69, 9.17) is 4.74 Å². The summed E-state index contributed by atoms with van der Waals surface area (Å²) in [7, 11) is 1.90. The summed E-state index contributed by atoms with van der Waals surface area (Å²) >= 11 is 0. The second kappa shape index (κ2) is 5.42. The van der Waals surface area contributed by atoms with E-state index in [-0.39, 0.29) is 5.56 Å². The monoisotopic (exact) mass is 237 g/mol. The highest BCUT2D eigenvalue weighted by Gasteiger charge is 2.15. The number of aromatic nitrogens is 2. The Balaban J connectivity index is 2.29. The molecule has 17 heavy (non-hydrogen) atoms. The molecule has 1 aromatic rings. The zero-order valence-corrected chi connectivity index (χ0v) is 10.4. The number of hydrogen-bond acceptors (Lipinski definition) is 4. The van der Waals surface area contributed by atoms with E-state index in [0.717, 1.165) is 29.9 Å². The van der Waals surface area contributed by atoms with Gasteiger partial charge in [0.1, 0.15) is 5.82 Å². The van der Waals surface area contributed by atoms with Crippen LogP contribution < -0.4 is 10.9 Å². The fourth-order valence-corrected chi connectivity index (χ4v) is 1.99. The molecule has 94 valence electrons. The van der Waals surface area contributed by atoms with Crippen molar-refractivity contribution < 1.29 is 4.74 Å². The molecule has 0 aliphatic carbocycles. The molecule has 1 aliphatic rings. The quantitative estimate of drug-likeness (QED) is 0.778. The molecule has 0 saturated carbocycles. The van der Waals surface area contributed by atoms with Crippen LogP contribution in [0.15, 0.2) is 4.79 Å². The van der Waals surface area contributed by atoms with Crippen LogP contribution in [0.4, 0.5) is 0 Å². The highest BCUT2D eigenvalue weighted by molar-refractivity contribution is 5.19. The lowest BCUT2D eigenvalue weighted by Gasteiger charge is -2.11. The maximum absolute atomic E-state index is 11.9. The molecule has 2 N–H and O–H groups in total. The molecule has 2 rings (SSSR count). The standard InChI is InChI=1S/C12H19N3O2/c1-8(13-2)7-11-14-10-4-6-17-5-3-9(10)12(16)15-11/h8,13H,3-7H2,1-2H3,(H,14,15,16). The first-order valence-corrected chi connectivity index (χ1v) is 6.06. The van der Waals surface area contributed by atoms with Gasteiger partial charge in [0.25, 0.3) is 5.56 Å². The molecule has 1 atom stereocenters. The van der Waals surface area contributed by atoms with Gasteiger partial charge in [0.15, 0.2) is 0 Å². The summed E-state index contributed by atoms with van der Waals surface area (Å²) in [6.45, 7) is 3.34. The topological polar surface area (TPSA) is 67.0 Å². The zero-order chi connectivity index (χ0) is 12.3. The minimum atomic E-state index is -0.00111. The summed E-state index contributed by atoms with van der Waals surface area (Å²) in [5, 5.41) is 3.14. The maximum Gasteiger partial charge on any atom is 0.254 e. The van der Waals surface area contributed by atoms with Crippen LogP contribution >= 0.6 is 0 Å². The molecule has 1 aliphatic heterocycles. The van der Waals surface area contributed by atoms with Gasteiger partial charge in [-0.25, -0.2) is 4.98 Å². The molecule has 0 radical (unpaired) electrons. The Hall–Kier alpha value is -1.20. The first-order chi connectivity index (χ1) is 8.20. The van der Waals surface area contributed by atoms with Crippen molar-refractivity contribution in [3.63, 3.8) is 0 Å². The summed E-state index contributed by atoms with van der Waals surface area (Å²) in [6, 6.07) is 0.304. The normalized spacial score (nSPS) is 17.3. The molecule has 0 bridgehead atoms. The molecule has 1 unspecified atom stereocenters. The van der Waals surface area contributed by atoms with Gasteiger partial charge in [-0.1, -0.05) is 0 Å². The lowest BCUT2D eigenvalue weighted by atomic mass is 10.1. The number of H-pyrrole nitrogens is 1. The van der Waals surface area contributed by atoms with Crippen molar-refractivity contribution in [3.8, 4) is 0 Å². The van der Waals surface area contributed by atoms with Crippen molar-refractivity contribution in [2.24, 2.45) is 0 Å². The van der Waals surface area contributed by atoms with E-state index < -0.39 is 0 Å². The molecule has 0 saturated heterocycles. The van der Waals surface area contributed by atoms with Crippen LogP contribution in [0.25, 0.3) is 0 Å². The molecule has 5 heteroatoms. The fraction of sp³-hybridized carbons (Fsp3) is 0.667. The van der Waals surface area contributed by atoms with Crippen LogP contribution in [0, 0.1) is 0 Å². The van der Waals surface area contributed by atoms with Crippen LogP contribution in [0.3, 0.4) is 0 Å². The Labute approximate surface area is 101 Å². The number of nitrogens with one attached hydrogen (secondary N) is 2. The average Bonchev–Trinajstić information content (AvgIpc) is 2.54. The fourth-order valence-electron chi connectivity index (χ4n) is 1.99. The average molecular weight is 237 g/mol. The lowest BCUT2D eigenvalue weighted by molar-refractivity contribution is 0.146. The summed E-state index contributed by atoms with van der Waals surface area (Å²) in [5.74, 6) is 0.762. The molecule has 2 heterocycles. The van der Waals surface area contributed by atoms with Crippen molar-refractivity contribution in [1.29, 1.82) is 0 Å².